The van der Waals surface area contributed by atoms with Gasteiger partial charge in [-0.25, -0.2) is 9.36 Å². The number of esters is 1. The molecule has 2 heterocycles. The number of carbonyl (C=O) groups is 1. The first-order chi connectivity index (χ1) is 18.1. The lowest BCUT2D eigenvalue weighted by Crippen LogP contribution is -2.42. The first kappa shape index (κ1) is 29.2. The Hall–Kier alpha value is -3.41. The predicted octanol–water partition coefficient (Wildman–Crippen LogP) is 3.19. The highest BCUT2D eigenvalue weighted by Gasteiger charge is 2.41. The SMILES string of the molecule is CCOC(=O)[C@H](NP(=O)(OC[C@H]1O[C@@H](n2cc(C)c(=O)[nH]c2=O)CC1N=[N+]=[N-])Oc1ccccc1)C(C)C. The molecule has 0 spiro atoms. The third-order valence-electron chi connectivity index (χ3n) is 5.74. The average Bonchev–Trinajstić information content (AvgIpc) is 3.27. The van der Waals surface area contributed by atoms with Gasteiger partial charge in [0.15, 0.2) is 0 Å². The van der Waals surface area contributed by atoms with Crippen molar-refractivity contribution >= 4 is 13.7 Å². The molecular formula is C23H31N6O8P. The molecule has 206 valence electrons. The largest absolute Gasteiger partial charge is 0.465 e. The van der Waals surface area contributed by atoms with Gasteiger partial charge >= 0.3 is 19.4 Å². The van der Waals surface area contributed by atoms with Gasteiger partial charge in [0.2, 0.25) is 0 Å². The number of azide groups is 1. The third kappa shape index (κ3) is 7.33. The van der Waals surface area contributed by atoms with Crippen molar-refractivity contribution in [3.05, 3.63) is 73.4 Å². The van der Waals surface area contributed by atoms with Crippen molar-refractivity contribution in [1.29, 1.82) is 0 Å². The van der Waals surface area contributed by atoms with Gasteiger partial charge in [0.1, 0.15) is 18.0 Å². The monoisotopic (exact) mass is 550 g/mol. The molecule has 1 aliphatic rings. The molecular weight excluding hydrogens is 519 g/mol. The zero-order chi connectivity index (χ0) is 27.9. The van der Waals surface area contributed by atoms with E-state index < -0.39 is 49.4 Å². The summed E-state index contributed by atoms with van der Waals surface area (Å²) in [4.78, 5) is 41.7. The molecule has 2 aromatic rings. The van der Waals surface area contributed by atoms with Crippen molar-refractivity contribution in [3.8, 4) is 5.75 Å². The van der Waals surface area contributed by atoms with Gasteiger partial charge in [-0.3, -0.25) is 23.7 Å². The van der Waals surface area contributed by atoms with Crippen LogP contribution in [0.3, 0.4) is 0 Å². The van der Waals surface area contributed by atoms with Crippen molar-refractivity contribution < 1.29 is 27.9 Å². The van der Waals surface area contributed by atoms with Gasteiger partial charge in [-0.2, -0.15) is 5.09 Å². The van der Waals surface area contributed by atoms with E-state index in [1.54, 1.807) is 51.1 Å². The fourth-order valence-corrected chi connectivity index (χ4v) is 5.45. The standard InChI is InChI=1S/C23H31N6O8P/c1-5-34-22(31)20(14(2)3)27-38(33,37-16-9-7-6-8-10-16)35-13-18-17(26-28-24)11-19(36-18)29-12-15(4)21(30)25-23(29)32/h6-10,12,14,17-20H,5,11,13H2,1-4H3,(H,27,33)(H,25,30,32)/t17?,18-,19-,20-,38?/m1/s1. The van der Waals surface area contributed by atoms with Gasteiger partial charge in [0, 0.05) is 23.1 Å². The van der Waals surface area contributed by atoms with Crippen LogP contribution in [0.2, 0.25) is 0 Å². The number of rotatable bonds is 12. The van der Waals surface area contributed by atoms with E-state index in [-0.39, 0.29) is 36.9 Å². The number of nitrogens with one attached hydrogen (secondary N) is 2. The van der Waals surface area contributed by atoms with Crippen molar-refractivity contribution in [1.82, 2.24) is 14.6 Å². The zero-order valence-corrected chi connectivity index (χ0v) is 22.4. The maximum Gasteiger partial charge on any atom is 0.459 e. The number of carbonyl (C=O) groups excluding carboxylic acids is 1. The van der Waals surface area contributed by atoms with Crippen molar-refractivity contribution in [2.45, 2.75) is 58.5 Å². The molecule has 0 radical (unpaired) electrons. The molecule has 14 nitrogen and oxygen atoms in total. The molecule has 0 saturated carbocycles. The van der Waals surface area contributed by atoms with Crippen LogP contribution in [0.1, 0.15) is 39.0 Å². The molecule has 1 saturated heterocycles. The number of aromatic amines is 1. The van der Waals surface area contributed by atoms with E-state index in [0.717, 1.165) is 0 Å². The quantitative estimate of drug-likeness (QED) is 0.132. The Morgan fingerprint density at radius 1 is 1.34 bits per heavy atom. The van der Waals surface area contributed by atoms with Crippen LogP contribution in [0.15, 0.2) is 51.2 Å². The zero-order valence-electron chi connectivity index (χ0n) is 21.5. The fraction of sp³-hybridized carbons (Fsp3) is 0.522. The second-order valence-corrected chi connectivity index (χ2v) is 10.6. The van der Waals surface area contributed by atoms with Gasteiger partial charge in [-0.1, -0.05) is 37.2 Å². The molecule has 38 heavy (non-hydrogen) atoms. The minimum absolute atomic E-state index is 0.0954. The normalized spacial score (nSPS) is 21.3. The lowest BCUT2D eigenvalue weighted by molar-refractivity contribution is -0.146. The van der Waals surface area contributed by atoms with Crippen LogP contribution < -0.4 is 20.9 Å². The molecule has 1 aromatic heterocycles. The number of ether oxygens (including phenoxy) is 2. The summed E-state index contributed by atoms with van der Waals surface area (Å²) in [6.07, 6.45) is -0.366. The van der Waals surface area contributed by atoms with Gasteiger partial charge in [0.05, 0.1) is 25.4 Å². The van der Waals surface area contributed by atoms with Gasteiger partial charge in [-0.05, 0) is 37.4 Å². The number of benzene rings is 1. The molecule has 0 amide bonds. The minimum atomic E-state index is -4.22. The Labute approximate surface area is 218 Å². The summed E-state index contributed by atoms with van der Waals surface area (Å²) in [5, 5.41) is 6.42. The maximum absolute atomic E-state index is 13.9. The van der Waals surface area contributed by atoms with E-state index in [2.05, 4.69) is 20.1 Å². The Balaban J connectivity index is 1.85. The number of aromatic nitrogens is 2. The number of hydrogen-bond acceptors (Lipinski definition) is 9. The van der Waals surface area contributed by atoms with E-state index in [1.165, 1.54) is 17.7 Å². The molecule has 3 rings (SSSR count). The van der Waals surface area contributed by atoms with E-state index in [4.69, 9.17) is 24.1 Å². The van der Waals surface area contributed by atoms with Crippen LogP contribution in [0, 0.1) is 12.8 Å². The summed E-state index contributed by atoms with van der Waals surface area (Å²) in [6, 6.07) is 6.44. The summed E-state index contributed by atoms with van der Waals surface area (Å²) in [5.41, 5.74) is 8.12. The van der Waals surface area contributed by atoms with E-state index in [1.807, 2.05) is 0 Å². The molecule has 15 heteroatoms. The minimum Gasteiger partial charge on any atom is -0.465 e. The van der Waals surface area contributed by atoms with Crippen molar-refractivity contribution in [2.75, 3.05) is 13.2 Å². The van der Waals surface area contributed by atoms with Crippen LogP contribution in [0.25, 0.3) is 10.4 Å². The topological polar surface area (TPSA) is 187 Å². The molecule has 1 aromatic carbocycles. The molecule has 2 N–H and O–H groups in total. The van der Waals surface area contributed by atoms with Gasteiger partial charge in [-0.15, -0.1) is 0 Å². The molecule has 2 unspecified atom stereocenters. The number of nitrogens with zero attached hydrogens (tertiary/aromatic N) is 4. The van der Waals surface area contributed by atoms with Crippen LogP contribution >= 0.6 is 7.75 Å². The third-order valence-corrected chi connectivity index (χ3v) is 7.28. The van der Waals surface area contributed by atoms with Crippen molar-refractivity contribution in [3.63, 3.8) is 0 Å². The van der Waals surface area contributed by atoms with Gasteiger partial charge < -0.3 is 14.0 Å². The van der Waals surface area contributed by atoms with E-state index in [9.17, 15) is 18.9 Å². The highest BCUT2D eigenvalue weighted by Crippen LogP contribution is 2.46. The highest BCUT2D eigenvalue weighted by atomic mass is 31.2. The summed E-state index contributed by atoms with van der Waals surface area (Å²) in [7, 11) is -4.22. The summed E-state index contributed by atoms with van der Waals surface area (Å²) in [5.74, 6) is -0.731. The van der Waals surface area contributed by atoms with Crippen molar-refractivity contribution in [2.24, 2.45) is 11.0 Å². The highest BCUT2D eigenvalue weighted by molar-refractivity contribution is 7.52. The second-order valence-electron chi connectivity index (χ2n) is 8.92. The van der Waals surface area contributed by atoms with Crippen LogP contribution in [0.5, 0.6) is 5.75 Å². The molecule has 5 atom stereocenters. The van der Waals surface area contributed by atoms with E-state index in [0.29, 0.717) is 0 Å². The average molecular weight is 551 g/mol. The Morgan fingerprint density at radius 3 is 2.68 bits per heavy atom. The second kappa shape index (κ2) is 12.9. The summed E-state index contributed by atoms with van der Waals surface area (Å²) < 4.78 is 37.5. The maximum atomic E-state index is 13.9. The molecule has 1 fully saturated rings. The first-order valence-corrected chi connectivity index (χ1v) is 13.6. The van der Waals surface area contributed by atoms with Crippen LogP contribution in [-0.4, -0.2) is 46.9 Å². The number of hydrogen-bond donors (Lipinski definition) is 2. The summed E-state index contributed by atoms with van der Waals surface area (Å²) in [6.45, 7) is 6.43. The Bertz CT molecular complexity index is 1320. The smallest absolute Gasteiger partial charge is 0.459 e. The lowest BCUT2D eigenvalue weighted by Gasteiger charge is -2.27. The summed E-state index contributed by atoms with van der Waals surface area (Å²) >= 11 is 0. The first-order valence-electron chi connectivity index (χ1n) is 12.0. The molecule has 1 aliphatic heterocycles. The number of para-hydroxylation sites is 1. The van der Waals surface area contributed by atoms with Crippen LogP contribution in [-0.2, 0) is 23.4 Å². The molecule has 0 aliphatic carbocycles. The number of H-pyrrole nitrogens is 1. The van der Waals surface area contributed by atoms with Gasteiger partial charge in [0.25, 0.3) is 5.56 Å². The molecule has 0 bridgehead atoms. The number of aryl methyl sites for hydroxylation is 1. The lowest BCUT2D eigenvalue weighted by atomic mass is 10.1. The van der Waals surface area contributed by atoms with Crippen LogP contribution in [0.4, 0.5) is 0 Å². The Morgan fingerprint density at radius 2 is 2.05 bits per heavy atom. The van der Waals surface area contributed by atoms with E-state index >= 15 is 0 Å². The predicted molar refractivity (Wildman–Crippen MR) is 137 cm³/mol. The fourth-order valence-electron chi connectivity index (χ4n) is 3.78. The Kier molecular flexibility index (Phi) is 9.90.